The van der Waals surface area contributed by atoms with Gasteiger partial charge in [0.2, 0.25) is 0 Å². The van der Waals surface area contributed by atoms with Crippen LogP contribution in [0.5, 0.6) is 0 Å². The van der Waals surface area contributed by atoms with Crippen LogP contribution in [0.2, 0.25) is 25.7 Å². The van der Waals surface area contributed by atoms with Crippen molar-refractivity contribution < 1.29 is 0 Å². The Hall–Kier alpha value is 0.177. The van der Waals surface area contributed by atoms with Crippen molar-refractivity contribution in [3.63, 3.8) is 0 Å². The average Bonchev–Trinajstić information content (AvgIpc) is 1.53. The van der Waals surface area contributed by atoms with E-state index >= 15 is 0 Å². The van der Waals surface area contributed by atoms with E-state index in [9.17, 15) is 0 Å². The van der Waals surface area contributed by atoms with Crippen molar-refractivity contribution in [2.24, 2.45) is 5.92 Å². The summed E-state index contributed by atoms with van der Waals surface area (Å²) < 4.78 is 0. The SMILES string of the molecule is C.CC(CN(C)C)C[Si](C)(C)C. The molecule has 0 radical (unpaired) electrons. The van der Waals surface area contributed by atoms with Crippen LogP contribution in [0.1, 0.15) is 14.4 Å². The summed E-state index contributed by atoms with van der Waals surface area (Å²) in [6.45, 7) is 10.9. The fourth-order valence-corrected chi connectivity index (χ4v) is 3.95. The zero-order valence-electron chi connectivity index (χ0n) is 8.94. The van der Waals surface area contributed by atoms with Gasteiger partial charge in [-0.25, -0.2) is 0 Å². The highest BCUT2D eigenvalue weighted by atomic mass is 28.3. The minimum atomic E-state index is -0.814. The maximum atomic E-state index is 2.44. The molecule has 1 nitrogen and oxygen atoms in total. The second-order valence-electron chi connectivity index (χ2n) is 5.13. The lowest BCUT2D eigenvalue weighted by Gasteiger charge is -2.23. The highest BCUT2D eigenvalue weighted by Crippen LogP contribution is 2.16. The van der Waals surface area contributed by atoms with E-state index in [1.807, 2.05) is 0 Å². The largest absolute Gasteiger partial charge is 0.309 e. The summed E-state index contributed by atoms with van der Waals surface area (Å²) in [4.78, 5) is 2.28. The molecular formula is C10H27NSi. The predicted molar refractivity (Wildman–Crippen MR) is 62.6 cm³/mol. The molecule has 0 N–H and O–H groups in total. The molecule has 0 aliphatic rings. The lowest BCUT2D eigenvalue weighted by molar-refractivity contribution is 0.352. The summed E-state index contributed by atoms with van der Waals surface area (Å²) in [5.41, 5.74) is 0. The Balaban J connectivity index is 0. The van der Waals surface area contributed by atoms with Gasteiger partial charge in [0.15, 0.2) is 0 Å². The summed E-state index contributed by atoms with van der Waals surface area (Å²) in [6.07, 6.45) is 0. The first kappa shape index (κ1) is 14.7. The fourth-order valence-electron chi connectivity index (χ4n) is 1.73. The Morgan fingerprint density at radius 3 is 1.83 bits per heavy atom. The normalized spacial score (nSPS) is 14.2. The Bertz CT molecular complexity index is 105. The lowest BCUT2D eigenvalue weighted by Crippen LogP contribution is -2.28. The number of nitrogens with zero attached hydrogens (tertiary/aromatic N) is 1. The molecule has 76 valence electrons. The first-order chi connectivity index (χ1) is 4.81. The molecule has 2 heteroatoms. The summed E-state index contributed by atoms with van der Waals surface area (Å²) in [5.74, 6) is 0.872. The Kier molecular flexibility index (Phi) is 7.05. The minimum absolute atomic E-state index is 0. The summed E-state index contributed by atoms with van der Waals surface area (Å²) in [6, 6.07) is 1.45. The summed E-state index contributed by atoms with van der Waals surface area (Å²) >= 11 is 0. The van der Waals surface area contributed by atoms with Gasteiger partial charge in [0.1, 0.15) is 0 Å². The van der Waals surface area contributed by atoms with E-state index in [0.29, 0.717) is 0 Å². The third kappa shape index (κ3) is 10.2. The van der Waals surface area contributed by atoms with Crippen LogP contribution in [0.15, 0.2) is 0 Å². The van der Waals surface area contributed by atoms with Crippen LogP contribution in [-0.4, -0.2) is 33.6 Å². The van der Waals surface area contributed by atoms with E-state index < -0.39 is 8.07 Å². The Morgan fingerprint density at radius 1 is 1.17 bits per heavy atom. The molecule has 0 aromatic heterocycles. The van der Waals surface area contributed by atoms with E-state index in [4.69, 9.17) is 0 Å². The summed E-state index contributed by atoms with van der Waals surface area (Å²) in [5, 5.41) is 0. The standard InChI is InChI=1S/C9H23NSi.CH4/c1-9(7-10(2)3)8-11(4,5)6;/h9H,7-8H2,1-6H3;1H4. The zero-order valence-corrected chi connectivity index (χ0v) is 9.94. The van der Waals surface area contributed by atoms with Crippen LogP contribution in [0.25, 0.3) is 0 Å². The molecular weight excluding hydrogens is 162 g/mol. The van der Waals surface area contributed by atoms with Gasteiger partial charge in [-0.3, -0.25) is 0 Å². The molecule has 0 aliphatic carbocycles. The van der Waals surface area contributed by atoms with Crippen molar-refractivity contribution in [1.82, 2.24) is 4.90 Å². The first-order valence-electron chi connectivity index (χ1n) is 4.46. The molecule has 12 heavy (non-hydrogen) atoms. The summed E-state index contributed by atoms with van der Waals surface area (Å²) in [7, 11) is 3.49. The highest BCUT2D eigenvalue weighted by Gasteiger charge is 2.17. The molecule has 0 amide bonds. The molecule has 0 aromatic carbocycles. The van der Waals surface area contributed by atoms with Gasteiger partial charge in [0.25, 0.3) is 0 Å². The minimum Gasteiger partial charge on any atom is -0.309 e. The first-order valence-corrected chi connectivity index (χ1v) is 8.17. The topological polar surface area (TPSA) is 3.24 Å². The van der Waals surface area contributed by atoms with Gasteiger partial charge in [0.05, 0.1) is 0 Å². The van der Waals surface area contributed by atoms with Gasteiger partial charge in [-0.05, 0) is 26.6 Å². The second-order valence-corrected chi connectivity index (χ2v) is 10.7. The zero-order chi connectivity index (χ0) is 9.07. The monoisotopic (exact) mass is 189 g/mol. The molecule has 0 aromatic rings. The van der Waals surface area contributed by atoms with Gasteiger partial charge in [-0.1, -0.05) is 40.0 Å². The van der Waals surface area contributed by atoms with E-state index in [1.165, 1.54) is 12.6 Å². The van der Waals surface area contributed by atoms with E-state index in [0.717, 1.165) is 5.92 Å². The average molecular weight is 189 g/mol. The lowest BCUT2D eigenvalue weighted by atomic mass is 10.2. The van der Waals surface area contributed by atoms with Crippen molar-refractivity contribution in [3.8, 4) is 0 Å². The smallest absolute Gasteiger partial charge is 0.0445 e. The van der Waals surface area contributed by atoms with Crippen LogP contribution < -0.4 is 0 Å². The maximum absolute atomic E-state index is 2.44. The molecule has 0 fully saturated rings. The van der Waals surface area contributed by atoms with Crippen molar-refractivity contribution >= 4 is 8.07 Å². The van der Waals surface area contributed by atoms with Gasteiger partial charge >= 0.3 is 0 Å². The van der Waals surface area contributed by atoms with Crippen LogP contribution >= 0.6 is 0 Å². The van der Waals surface area contributed by atoms with Crippen molar-refractivity contribution in [1.29, 1.82) is 0 Å². The molecule has 0 heterocycles. The number of rotatable bonds is 4. The van der Waals surface area contributed by atoms with Gasteiger partial charge < -0.3 is 4.90 Å². The Labute approximate surface area is 80.2 Å². The second kappa shape index (κ2) is 5.76. The van der Waals surface area contributed by atoms with E-state index in [-0.39, 0.29) is 7.43 Å². The van der Waals surface area contributed by atoms with Crippen LogP contribution in [0, 0.1) is 5.92 Å². The predicted octanol–water partition coefficient (Wildman–Crippen LogP) is 3.16. The molecule has 0 spiro atoms. The molecule has 0 bridgehead atoms. The van der Waals surface area contributed by atoms with Crippen molar-refractivity contribution in [2.45, 2.75) is 40.0 Å². The number of hydrogen-bond donors (Lipinski definition) is 0. The van der Waals surface area contributed by atoms with Crippen molar-refractivity contribution in [2.75, 3.05) is 20.6 Å². The van der Waals surface area contributed by atoms with Gasteiger partial charge in [-0.2, -0.15) is 0 Å². The third-order valence-electron chi connectivity index (χ3n) is 1.64. The molecule has 1 atom stereocenters. The van der Waals surface area contributed by atoms with Crippen LogP contribution in [0.4, 0.5) is 0 Å². The third-order valence-corrected chi connectivity index (χ3v) is 3.56. The maximum Gasteiger partial charge on any atom is 0.0445 e. The van der Waals surface area contributed by atoms with Crippen molar-refractivity contribution in [3.05, 3.63) is 0 Å². The van der Waals surface area contributed by atoms with E-state index in [2.05, 4.69) is 45.6 Å². The van der Waals surface area contributed by atoms with Gasteiger partial charge in [-0.15, -0.1) is 0 Å². The van der Waals surface area contributed by atoms with Gasteiger partial charge in [0, 0.05) is 8.07 Å². The molecule has 1 unspecified atom stereocenters. The molecule has 0 saturated carbocycles. The number of hydrogen-bond acceptors (Lipinski definition) is 1. The van der Waals surface area contributed by atoms with Crippen LogP contribution in [0.3, 0.4) is 0 Å². The fraction of sp³-hybridized carbons (Fsp3) is 1.00. The van der Waals surface area contributed by atoms with Crippen LogP contribution in [-0.2, 0) is 0 Å². The molecule has 0 aliphatic heterocycles. The quantitative estimate of drug-likeness (QED) is 0.614. The Morgan fingerprint density at radius 2 is 1.58 bits per heavy atom. The molecule has 0 saturated heterocycles. The highest BCUT2D eigenvalue weighted by molar-refractivity contribution is 6.76. The van der Waals surface area contributed by atoms with E-state index in [1.54, 1.807) is 0 Å². The molecule has 0 rings (SSSR count).